The van der Waals surface area contributed by atoms with E-state index in [-0.39, 0.29) is 12.0 Å². The summed E-state index contributed by atoms with van der Waals surface area (Å²) in [5.41, 5.74) is 0.348. The highest BCUT2D eigenvalue weighted by Crippen LogP contribution is 2.30. The number of benzene rings is 1. The summed E-state index contributed by atoms with van der Waals surface area (Å²) in [4.78, 5) is 11.4. The summed E-state index contributed by atoms with van der Waals surface area (Å²) in [5, 5.41) is 21.8. The van der Waals surface area contributed by atoms with Crippen molar-refractivity contribution in [3.8, 4) is 0 Å². The number of rotatable bonds is 6. The van der Waals surface area contributed by atoms with Crippen LogP contribution in [0.3, 0.4) is 0 Å². The number of aliphatic hydroxyl groups excluding tert-OH is 1. The van der Waals surface area contributed by atoms with Gasteiger partial charge in [0.15, 0.2) is 0 Å². The fourth-order valence-corrected chi connectivity index (χ4v) is 1.69. The molecule has 4 heteroatoms. The maximum Gasteiger partial charge on any atom is 0.313 e. The van der Waals surface area contributed by atoms with Crippen LogP contribution in [0.5, 0.6) is 0 Å². The Bertz CT molecular complexity index is 452. The molecule has 0 saturated heterocycles. The van der Waals surface area contributed by atoms with Crippen LogP contribution in [0.25, 0.3) is 0 Å². The highest BCUT2D eigenvalue weighted by atomic mass is 16.4. The number of nitrogens with one attached hydrogen (secondary N) is 1. The third-order valence-corrected chi connectivity index (χ3v) is 3.32. The molecule has 0 amide bonds. The summed E-state index contributed by atoms with van der Waals surface area (Å²) in [6, 6.07) is 7.40. The number of carbonyl (C=O) groups is 1. The first-order chi connectivity index (χ1) is 8.70. The molecule has 19 heavy (non-hydrogen) atoms. The SMILES string of the molecule is CC(C)(CO)CNc1ccccc1C(C)(C)C(=O)O. The van der Waals surface area contributed by atoms with Gasteiger partial charge in [0.1, 0.15) is 0 Å². The Morgan fingerprint density at radius 3 is 2.32 bits per heavy atom. The van der Waals surface area contributed by atoms with Gasteiger partial charge in [-0.2, -0.15) is 0 Å². The van der Waals surface area contributed by atoms with E-state index in [0.717, 1.165) is 11.3 Å². The minimum Gasteiger partial charge on any atom is -0.481 e. The second kappa shape index (κ2) is 5.61. The Labute approximate surface area is 114 Å². The Morgan fingerprint density at radius 2 is 1.79 bits per heavy atom. The lowest BCUT2D eigenvalue weighted by atomic mass is 9.83. The van der Waals surface area contributed by atoms with Crippen LogP contribution in [0, 0.1) is 5.41 Å². The number of aliphatic carboxylic acids is 1. The van der Waals surface area contributed by atoms with E-state index in [9.17, 15) is 15.0 Å². The van der Waals surface area contributed by atoms with Gasteiger partial charge in [0.25, 0.3) is 0 Å². The smallest absolute Gasteiger partial charge is 0.313 e. The van der Waals surface area contributed by atoms with Crippen molar-refractivity contribution in [3.63, 3.8) is 0 Å². The van der Waals surface area contributed by atoms with Crippen LogP contribution in [-0.4, -0.2) is 29.3 Å². The van der Waals surface area contributed by atoms with Gasteiger partial charge in [0.05, 0.1) is 5.41 Å². The highest BCUT2D eigenvalue weighted by molar-refractivity contribution is 5.83. The van der Waals surface area contributed by atoms with Crippen molar-refractivity contribution in [3.05, 3.63) is 29.8 Å². The molecule has 0 aliphatic carbocycles. The first kappa shape index (κ1) is 15.5. The van der Waals surface area contributed by atoms with Gasteiger partial charge in [-0.1, -0.05) is 32.0 Å². The molecule has 4 nitrogen and oxygen atoms in total. The standard InChI is InChI=1S/C15H23NO3/c1-14(2,10-17)9-16-12-8-6-5-7-11(12)15(3,4)13(18)19/h5-8,16-17H,9-10H2,1-4H3,(H,18,19). The van der Waals surface area contributed by atoms with E-state index in [1.54, 1.807) is 13.8 Å². The number of hydrogen-bond acceptors (Lipinski definition) is 3. The highest BCUT2D eigenvalue weighted by Gasteiger charge is 2.31. The van der Waals surface area contributed by atoms with Crippen molar-refractivity contribution in [2.75, 3.05) is 18.5 Å². The normalized spacial score (nSPS) is 12.3. The number of para-hydroxylation sites is 1. The van der Waals surface area contributed by atoms with Gasteiger partial charge in [-0.3, -0.25) is 4.79 Å². The molecule has 1 aromatic rings. The third-order valence-electron chi connectivity index (χ3n) is 3.32. The Kier molecular flexibility index (Phi) is 4.58. The predicted molar refractivity (Wildman–Crippen MR) is 76.5 cm³/mol. The lowest BCUT2D eigenvalue weighted by Gasteiger charge is -2.27. The molecule has 0 heterocycles. The summed E-state index contributed by atoms with van der Waals surface area (Å²) in [6.45, 7) is 7.93. The molecule has 3 N–H and O–H groups in total. The summed E-state index contributed by atoms with van der Waals surface area (Å²) in [6.07, 6.45) is 0. The van der Waals surface area contributed by atoms with Crippen LogP contribution in [0.1, 0.15) is 33.3 Å². The van der Waals surface area contributed by atoms with E-state index in [1.807, 2.05) is 38.1 Å². The van der Waals surface area contributed by atoms with Crippen molar-refractivity contribution in [2.45, 2.75) is 33.1 Å². The molecule has 1 aromatic carbocycles. The minimum absolute atomic E-state index is 0.0739. The molecule has 0 unspecified atom stereocenters. The van der Waals surface area contributed by atoms with Gasteiger partial charge in [0.2, 0.25) is 0 Å². The summed E-state index contributed by atoms with van der Waals surface area (Å²) in [7, 11) is 0. The Hall–Kier alpha value is -1.55. The molecule has 0 atom stereocenters. The van der Waals surface area contributed by atoms with Crippen LogP contribution in [-0.2, 0) is 10.2 Å². The third kappa shape index (κ3) is 3.70. The number of hydrogen-bond donors (Lipinski definition) is 3. The van der Waals surface area contributed by atoms with Crippen molar-refractivity contribution in [1.82, 2.24) is 0 Å². The first-order valence-corrected chi connectivity index (χ1v) is 6.38. The van der Waals surface area contributed by atoms with Crippen molar-refractivity contribution in [1.29, 1.82) is 0 Å². The van der Waals surface area contributed by atoms with Crippen molar-refractivity contribution >= 4 is 11.7 Å². The van der Waals surface area contributed by atoms with Gasteiger partial charge in [-0.15, -0.1) is 0 Å². The van der Waals surface area contributed by atoms with Crippen LogP contribution in [0.2, 0.25) is 0 Å². The summed E-state index contributed by atoms with van der Waals surface area (Å²) >= 11 is 0. The number of anilines is 1. The van der Waals surface area contributed by atoms with Crippen LogP contribution < -0.4 is 5.32 Å². The van der Waals surface area contributed by atoms with Crippen LogP contribution in [0.4, 0.5) is 5.69 Å². The number of carboxylic acids is 1. The topological polar surface area (TPSA) is 69.6 Å². The molecule has 0 fully saturated rings. The maximum absolute atomic E-state index is 11.4. The molecule has 0 aromatic heterocycles. The fraction of sp³-hybridized carbons (Fsp3) is 0.533. The second-order valence-corrected chi connectivity index (χ2v) is 6.15. The lowest BCUT2D eigenvalue weighted by molar-refractivity contribution is -0.142. The summed E-state index contributed by atoms with van der Waals surface area (Å²) < 4.78 is 0. The van der Waals surface area contributed by atoms with Gasteiger partial charge < -0.3 is 15.5 Å². The number of carboxylic acid groups (broad SMARTS) is 1. The molecule has 106 valence electrons. The van der Waals surface area contributed by atoms with Gasteiger partial charge in [-0.05, 0) is 25.5 Å². The van der Waals surface area contributed by atoms with Crippen LogP contribution in [0.15, 0.2) is 24.3 Å². The maximum atomic E-state index is 11.4. The molecule has 0 bridgehead atoms. The van der Waals surface area contributed by atoms with E-state index < -0.39 is 11.4 Å². The Balaban J connectivity index is 3.01. The minimum atomic E-state index is -0.951. The zero-order valence-corrected chi connectivity index (χ0v) is 12.0. The van der Waals surface area contributed by atoms with Crippen LogP contribution >= 0.6 is 0 Å². The molecule has 0 spiro atoms. The quantitative estimate of drug-likeness (QED) is 0.739. The van der Waals surface area contributed by atoms with Gasteiger partial charge >= 0.3 is 5.97 Å². The fourth-order valence-electron chi connectivity index (χ4n) is 1.69. The zero-order chi connectivity index (χ0) is 14.7. The molecule has 1 rings (SSSR count). The molecule has 0 saturated carbocycles. The average Bonchev–Trinajstić information content (AvgIpc) is 2.36. The number of aliphatic hydroxyl groups is 1. The molecular weight excluding hydrogens is 242 g/mol. The van der Waals surface area contributed by atoms with Crippen molar-refractivity contribution < 1.29 is 15.0 Å². The first-order valence-electron chi connectivity index (χ1n) is 6.38. The largest absolute Gasteiger partial charge is 0.481 e. The molecule has 0 aliphatic rings. The van der Waals surface area contributed by atoms with E-state index in [2.05, 4.69) is 5.32 Å². The van der Waals surface area contributed by atoms with Gasteiger partial charge in [-0.25, -0.2) is 0 Å². The second-order valence-electron chi connectivity index (χ2n) is 6.15. The summed E-state index contributed by atoms with van der Waals surface area (Å²) in [5.74, 6) is -0.858. The lowest BCUT2D eigenvalue weighted by Crippen LogP contribution is -2.31. The average molecular weight is 265 g/mol. The van der Waals surface area contributed by atoms with Crippen molar-refractivity contribution in [2.24, 2.45) is 5.41 Å². The van der Waals surface area contributed by atoms with Gasteiger partial charge in [0, 0.05) is 24.3 Å². The Morgan fingerprint density at radius 1 is 1.21 bits per heavy atom. The van der Waals surface area contributed by atoms with E-state index in [0.29, 0.717) is 6.54 Å². The zero-order valence-electron chi connectivity index (χ0n) is 12.0. The van der Waals surface area contributed by atoms with E-state index >= 15 is 0 Å². The van der Waals surface area contributed by atoms with E-state index in [4.69, 9.17) is 0 Å². The molecule has 0 aliphatic heterocycles. The van der Waals surface area contributed by atoms with E-state index in [1.165, 1.54) is 0 Å². The molecule has 0 radical (unpaired) electrons. The predicted octanol–water partition coefficient (Wildman–Crippen LogP) is 2.48. The monoisotopic (exact) mass is 265 g/mol. The molecular formula is C15H23NO3.